The van der Waals surface area contributed by atoms with Gasteiger partial charge in [-0.3, -0.25) is 0 Å². The Morgan fingerprint density at radius 1 is 1.46 bits per heavy atom. The molecule has 1 nitrogen and oxygen atoms in total. The molecular formula is C11H14ClN. The molecule has 0 amide bonds. The third-order valence-corrected chi connectivity index (χ3v) is 3.11. The predicted molar refractivity (Wildman–Crippen MR) is 56.0 cm³/mol. The van der Waals surface area contributed by atoms with Crippen LogP contribution in [0, 0.1) is 0 Å². The lowest BCUT2D eigenvalue weighted by Crippen LogP contribution is -2.14. The van der Waals surface area contributed by atoms with Gasteiger partial charge >= 0.3 is 0 Å². The van der Waals surface area contributed by atoms with Crippen LogP contribution in [0.3, 0.4) is 0 Å². The molecule has 1 atom stereocenters. The summed E-state index contributed by atoms with van der Waals surface area (Å²) in [6.07, 6.45) is 1.02. The van der Waals surface area contributed by atoms with Crippen LogP contribution in [-0.2, 0) is 5.41 Å². The summed E-state index contributed by atoms with van der Waals surface area (Å²) >= 11 is 5.93. The topological polar surface area (TPSA) is 26.0 Å². The van der Waals surface area contributed by atoms with Crippen LogP contribution in [0.25, 0.3) is 0 Å². The van der Waals surface area contributed by atoms with Gasteiger partial charge in [0.1, 0.15) is 0 Å². The molecule has 0 aliphatic heterocycles. The molecule has 2 heteroatoms. The lowest BCUT2D eigenvalue weighted by molar-refractivity contribution is 0.481. The van der Waals surface area contributed by atoms with Crippen molar-refractivity contribution in [3.05, 3.63) is 34.3 Å². The third kappa shape index (κ3) is 1.36. The van der Waals surface area contributed by atoms with Crippen LogP contribution in [0.5, 0.6) is 0 Å². The van der Waals surface area contributed by atoms with Gasteiger partial charge in [-0.15, -0.1) is 0 Å². The molecule has 0 unspecified atom stereocenters. The summed E-state index contributed by atoms with van der Waals surface area (Å²) in [4.78, 5) is 0. The van der Waals surface area contributed by atoms with Crippen molar-refractivity contribution < 1.29 is 0 Å². The van der Waals surface area contributed by atoms with Gasteiger partial charge in [-0.2, -0.15) is 0 Å². The molecule has 2 N–H and O–H groups in total. The lowest BCUT2D eigenvalue weighted by Gasteiger charge is -2.18. The molecule has 1 aliphatic rings. The van der Waals surface area contributed by atoms with E-state index in [9.17, 15) is 0 Å². The summed E-state index contributed by atoms with van der Waals surface area (Å²) in [7, 11) is 0. The number of benzene rings is 1. The van der Waals surface area contributed by atoms with E-state index in [1.807, 2.05) is 12.1 Å². The first-order chi connectivity index (χ1) is 6.00. The van der Waals surface area contributed by atoms with Gasteiger partial charge in [0.2, 0.25) is 0 Å². The van der Waals surface area contributed by atoms with Crippen LogP contribution in [0.1, 0.15) is 37.4 Å². The molecule has 0 bridgehead atoms. The van der Waals surface area contributed by atoms with Gasteiger partial charge in [0, 0.05) is 11.1 Å². The highest BCUT2D eigenvalue weighted by Gasteiger charge is 2.34. The SMILES string of the molecule is CC1(C)C[C@H](N)c2cc(Cl)ccc21. The lowest BCUT2D eigenvalue weighted by atomic mass is 9.86. The second kappa shape index (κ2) is 2.73. The van der Waals surface area contributed by atoms with Crippen molar-refractivity contribution in [3.63, 3.8) is 0 Å². The molecular weight excluding hydrogens is 182 g/mol. The highest BCUT2D eigenvalue weighted by molar-refractivity contribution is 6.30. The first-order valence-corrected chi connectivity index (χ1v) is 4.94. The Morgan fingerprint density at radius 3 is 2.85 bits per heavy atom. The van der Waals surface area contributed by atoms with Crippen molar-refractivity contribution in [3.8, 4) is 0 Å². The fourth-order valence-corrected chi connectivity index (χ4v) is 2.41. The van der Waals surface area contributed by atoms with E-state index in [2.05, 4.69) is 19.9 Å². The Kier molecular flexibility index (Phi) is 1.90. The average molecular weight is 196 g/mol. The first-order valence-electron chi connectivity index (χ1n) is 4.56. The van der Waals surface area contributed by atoms with Crippen molar-refractivity contribution in [2.75, 3.05) is 0 Å². The molecule has 0 saturated heterocycles. The van der Waals surface area contributed by atoms with Gasteiger partial charge in [0.25, 0.3) is 0 Å². The maximum Gasteiger partial charge on any atom is 0.0409 e. The molecule has 0 radical (unpaired) electrons. The number of rotatable bonds is 0. The number of hydrogen-bond acceptors (Lipinski definition) is 1. The Balaban J connectivity index is 2.59. The molecule has 1 aromatic rings. The molecule has 1 aromatic carbocycles. The van der Waals surface area contributed by atoms with Gasteiger partial charge in [-0.1, -0.05) is 31.5 Å². The van der Waals surface area contributed by atoms with E-state index in [4.69, 9.17) is 17.3 Å². The number of nitrogens with two attached hydrogens (primary N) is 1. The quantitative estimate of drug-likeness (QED) is 0.677. The summed E-state index contributed by atoms with van der Waals surface area (Å²) in [5.41, 5.74) is 8.81. The fraction of sp³-hybridized carbons (Fsp3) is 0.455. The Labute approximate surface area is 83.9 Å². The minimum absolute atomic E-state index is 0.156. The van der Waals surface area contributed by atoms with Crippen molar-refractivity contribution in [1.29, 1.82) is 0 Å². The second-order valence-corrected chi connectivity index (χ2v) is 4.86. The highest BCUT2D eigenvalue weighted by Crippen LogP contribution is 2.43. The van der Waals surface area contributed by atoms with Crippen LogP contribution in [0.15, 0.2) is 18.2 Å². The third-order valence-electron chi connectivity index (χ3n) is 2.87. The monoisotopic (exact) mass is 195 g/mol. The van der Waals surface area contributed by atoms with Crippen molar-refractivity contribution in [2.45, 2.75) is 31.7 Å². The predicted octanol–water partition coefficient (Wildman–Crippen LogP) is 3.02. The fourth-order valence-electron chi connectivity index (χ4n) is 2.23. The smallest absolute Gasteiger partial charge is 0.0409 e. The van der Waals surface area contributed by atoms with E-state index in [0.717, 1.165) is 11.4 Å². The molecule has 70 valence electrons. The molecule has 1 aliphatic carbocycles. The van der Waals surface area contributed by atoms with E-state index in [1.54, 1.807) is 0 Å². The zero-order chi connectivity index (χ0) is 9.64. The maximum absolute atomic E-state index is 6.03. The highest BCUT2D eigenvalue weighted by atomic mass is 35.5. The van der Waals surface area contributed by atoms with Gasteiger partial charge in [0.05, 0.1) is 0 Å². The number of fused-ring (bicyclic) bond motifs is 1. The average Bonchev–Trinajstić information content (AvgIpc) is 2.22. The van der Waals surface area contributed by atoms with Gasteiger partial charge in [0.15, 0.2) is 0 Å². The van der Waals surface area contributed by atoms with E-state index in [0.29, 0.717) is 0 Å². The van der Waals surface area contributed by atoms with E-state index < -0.39 is 0 Å². The van der Waals surface area contributed by atoms with Crippen LogP contribution < -0.4 is 5.73 Å². The van der Waals surface area contributed by atoms with E-state index in [-0.39, 0.29) is 11.5 Å². The van der Waals surface area contributed by atoms with Gasteiger partial charge in [-0.25, -0.2) is 0 Å². The maximum atomic E-state index is 6.03. The van der Waals surface area contributed by atoms with Gasteiger partial charge in [-0.05, 0) is 35.1 Å². The van der Waals surface area contributed by atoms with E-state index >= 15 is 0 Å². The summed E-state index contributed by atoms with van der Waals surface area (Å²) in [5.74, 6) is 0. The van der Waals surface area contributed by atoms with Crippen molar-refractivity contribution in [2.24, 2.45) is 5.73 Å². The Morgan fingerprint density at radius 2 is 2.15 bits per heavy atom. The summed E-state index contributed by atoms with van der Waals surface area (Å²) in [6, 6.07) is 6.20. The molecule has 0 aromatic heterocycles. The van der Waals surface area contributed by atoms with Gasteiger partial charge < -0.3 is 5.73 Å². The Hall–Kier alpha value is -0.530. The molecule has 0 heterocycles. The largest absolute Gasteiger partial charge is 0.324 e. The minimum Gasteiger partial charge on any atom is -0.324 e. The second-order valence-electron chi connectivity index (χ2n) is 4.43. The van der Waals surface area contributed by atoms with E-state index in [1.165, 1.54) is 11.1 Å². The zero-order valence-corrected chi connectivity index (χ0v) is 8.73. The van der Waals surface area contributed by atoms with Crippen molar-refractivity contribution in [1.82, 2.24) is 0 Å². The normalized spacial score (nSPS) is 24.5. The molecule has 0 spiro atoms. The number of hydrogen-bond donors (Lipinski definition) is 1. The molecule has 0 fully saturated rings. The minimum atomic E-state index is 0.156. The molecule has 2 rings (SSSR count). The standard InChI is InChI=1S/C11H14ClN/c1-11(2)6-10(13)8-5-7(12)3-4-9(8)11/h3-5,10H,6,13H2,1-2H3/t10-/m0/s1. The van der Waals surface area contributed by atoms with Crippen LogP contribution in [-0.4, -0.2) is 0 Å². The molecule has 0 saturated carbocycles. The zero-order valence-electron chi connectivity index (χ0n) is 7.97. The molecule has 13 heavy (non-hydrogen) atoms. The van der Waals surface area contributed by atoms with Crippen LogP contribution in [0.4, 0.5) is 0 Å². The first kappa shape index (κ1) is 9.04. The van der Waals surface area contributed by atoms with Crippen molar-refractivity contribution >= 4 is 11.6 Å². The number of halogens is 1. The van der Waals surface area contributed by atoms with Crippen LogP contribution in [0.2, 0.25) is 5.02 Å². The summed E-state index contributed by atoms with van der Waals surface area (Å²) in [5, 5.41) is 0.784. The Bertz CT molecular complexity index is 344. The summed E-state index contributed by atoms with van der Waals surface area (Å²) < 4.78 is 0. The van der Waals surface area contributed by atoms with Crippen LogP contribution >= 0.6 is 11.6 Å². The summed E-state index contributed by atoms with van der Waals surface area (Å²) in [6.45, 7) is 4.46.